The number of hydrogen-bond acceptors (Lipinski definition) is 9. The van der Waals surface area contributed by atoms with E-state index in [1.54, 1.807) is 6.07 Å². The van der Waals surface area contributed by atoms with E-state index in [1.165, 1.54) is 6.07 Å². The van der Waals surface area contributed by atoms with Gasteiger partial charge in [-0.25, -0.2) is 4.99 Å². The number of halogens is 3. The molecule has 2 aromatic carbocycles. The summed E-state index contributed by atoms with van der Waals surface area (Å²) in [5.74, 6) is 0.195. The average Bonchev–Trinajstić information content (AvgIpc) is 3.16. The van der Waals surface area contributed by atoms with Gasteiger partial charge in [-0.2, -0.15) is 21.6 Å². The number of aliphatic imine (C=N–C) groups is 1. The van der Waals surface area contributed by atoms with Crippen LogP contribution < -0.4 is 19.6 Å². The smallest absolute Gasteiger partial charge is 0.462 e. The summed E-state index contributed by atoms with van der Waals surface area (Å²) in [4.78, 5) is 6.57. The minimum atomic E-state index is -5.86. The van der Waals surface area contributed by atoms with Crippen molar-refractivity contribution in [3.8, 4) is 17.2 Å². The molecule has 2 aromatic rings. The molecule has 33 heavy (non-hydrogen) atoms. The second-order valence-corrected chi connectivity index (χ2v) is 9.16. The monoisotopic (exact) mass is 485 g/mol. The van der Waals surface area contributed by atoms with Crippen LogP contribution in [-0.2, 0) is 25.1 Å². The number of hydrogen-bond donors (Lipinski definition) is 1. The Morgan fingerprint density at radius 1 is 1.06 bits per heavy atom. The topological polar surface area (TPSA) is 113 Å². The van der Waals surface area contributed by atoms with Gasteiger partial charge in [-0.3, -0.25) is 0 Å². The van der Waals surface area contributed by atoms with Crippen molar-refractivity contribution in [2.75, 3.05) is 37.8 Å². The maximum Gasteiger partial charge on any atom is 0.534 e. The zero-order valence-electron chi connectivity index (χ0n) is 17.0. The molecule has 1 atom stereocenters. The van der Waals surface area contributed by atoms with E-state index in [0.29, 0.717) is 37.6 Å². The third-order valence-corrected chi connectivity index (χ3v) is 6.60. The number of alkyl halides is 3. The predicted octanol–water partition coefficient (Wildman–Crippen LogP) is 2.45. The first-order valence-corrected chi connectivity index (χ1v) is 11.3. The number of benzene rings is 2. The minimum absolute atomic E-state index is 0.0514. The van der Waals surface area contributed by atoms with Crippen LogP contribution in [-0.4, -0.2) is 52.9 Å². The molecular weight excluding hydrogens is 467 g/mol. The summed E-state index contributed by atoms with van der Waals surface area (Å²) >= 11 is 0. The van der Waals surface area contributed by atoms with Crippen molar-refractivity contribution >= 4 is 21.8 Å². The number of nitrogens with two attached hydrogens (primary N) is 1. The van der Waals surface area contributed by atoms with E-state index in [9.17, 15) is 21.6 Å². The second kappa shape index (κ2) is 7.42. The quantitative estimate of drug-likeness (QED) is 0.521. The molecule has 3 aliphatic heterocycles. The van der Waals surface area contributed by atoms with Crippen molar-refractivity contribution in [1.82, 2.24) is 0 Å². The molecule has 9 nitrogen and oxygen atoms in total. The van der Waals surface area contributed by atoms with Gasteiger partial charge in [-0.1, -0.05) is 0 Å². The van der Waals surface area contributed by atoms with Crippen LogP contribution in [0.25, 0.3) is 0 Å². The Morgan fingerprint density at radius 2 is 1.73 bits per heavy atom. The Kier molecular flexibility index (Phi) is 4.86. The summed E-state index contributed by atoms with van der Waals surface area (Å²) in [6.07, 6.45) is 0. The van der Waals surface area contributed by atoms with Crippen molar-refractivity contribution in [1.29, 1.82) is 0 Å². The zero-order chi connectivity index (χ0) is 23.4. The highest BCUT2D eigenvalue weighted by atomic mass is 32.2. The zero-order valence-corrected chi connectivity index (χ0v) is 17.8. The average molecular weight is 485 g/mol. The van der Waals surface area contributed by atoms with E-state index < -0.39 is 26.9 Å². The molecule has 5 rings (SSSR count). The lowest BCUT2D eigenvalue weighted by atomic mass is 9.81. The van der Waals surface area contributed by atoms with Gasteiger partial charge in [0.25, 0.3) is 6.02 Å². The van der Waals surface area contributed by atoms with Crippen LogP contribution >= 0.6 is 0 Å². The first-order valence-electron chi connectivity index (χ1n) is 9.88. The summed E-state index contributed by atoms with van der Waals surface area (Å²) in [7, 11) is -5.86. The van der Waals surface area contributed by atoms with Crippen molar-refractivity contribution in [2.24, 2.45) is 10.7 Å². The van der Waals surface area contributed by atoms with E-state index in [0.717, 1.165) is 17.8 Å². The van der Waals surface area contributed by atoms with Crippen molar-refractivity contribution < 1.29 is 40.0 Å². The summed E-state index contributed by atoms with van der Waals surface area (Å²) in [6.45, 7) is 2.45. The number of fused-ring (bicyclic) bond motifs is 4. The molecule has 176 valence electrons. The van der Waals surface area contributed by atoms with Gasteiger partial charge in [-0.05, 0) is 36.4 Å². The molecule has 0 saturated carbocycles. The molecule has 2 N–H and O–H groups in total. The molecule has 0 amide bonds. The Hall–Kier alpha value is -3.19. The molecule has 1 spiro atoms. The lowest BCUT2D eigenvalue weighted by Crippen LogP contribution is -2.37. The largest absolute Gasteiger partial charge is 0.534 e. The first kappa shape index (κ1) is 21.6. The summed E-state index contributed by atoms with van der Waals surface area (Å²) < 4.78 is 82.6. The molecule has 0 aliphatic carbocycles. The van der Waals surface area contributed by atoms with Crippen molar-refractivity contribution in [2.45, 2.75) is 11.0 Å². The Labute approximate surface area is 186 Å². The van der Waals surface area contributed by atoms with Gasteiger partial charge in [-0.15, -0.1) is 0 Å². The predicted molar refractivity (Wildman–Crippen MR) is 110 cm³/mol. The van der Waals surface area contributed by atoms with Crippen LogP contribution in [0.1, 0.15) is 11.1 Å². The van der Waals surface area contributed by atoms with E-state index >= 15 is 0 Å². The lowest BCUT2D eigenvalue weighted by molar-refractivity contribution is -0.0500. The van der Waals surface area contributed by atoms with Gasteiger partial charge in [0.05, 0.1) is 13.2 Å². The highest BCUT2D eigenvalue weighted by Gasteiger charge is 2.50. The van der Waals surface area contributed by atoms with E-state index in [-0.39, 0.29) is 23.9 Å². The third-order valence-electron chi connectivity index (χ3n) is 5.62. The van der Waals surface area contributed by atoms with Gasteiger partial charge >= 0.3 is 15.6 Å². The molecule has 0 radical (unpaired) electrons. The lowest BCUT2D eigenvalue weighted by Gasteiger charge is -2.35. The molecule has 0 bridgehead atoms. The van der Waals surface area contributed by atoms with Crippen LogP contribution in [0.4, 0.5) is 18.9 Å². The van der Waals surface area contributed by atoms with E-state index in [4.69, 9.17) is 19.9 Å². The summed E-state index contributed by atoms with van der Waals surface area (Å²) in [5.41, 5.74) is 0.708. The summed E-state index contributed by atoms with van der Waals surface area (Å²) in [6, 6.07) is 8.95. The third kappa shape index (κ3) is 3.60. The van der Waals surface area contributed by atoms with Gasteiger partial charge in [0.2, 0.25) is 0 Å². The molecule has 1 fully saturated rings. The summed E-state index contributed by atoms with van der Waals surface area (Å²) in [5, 5.41) is 0. The highest BCUT2D eigenvalue weighted by molar-refractivity contribution is 7.88. The fraction of sp³-hybridized carbons (Fsp3) is 0.350. The van der Waals surface area contributed by atoms with Crippen molar-refractivity contribution in [3.05, 3.63) is 47.5 Å². The number of amidine groups is 1. The molecule has 13 heteroatoms. The number of rotatable bonds is 3. The van der Waals surface area contributed by atoms with E-state index in [1.807, 2.05) is 12.1 Å². The Bertz CT molecular complexity index is 1240. The van der Waals surface area contributed by atoms with Crippen LogP contribution in [0, 0.1) is 0 Å². The van der Waals surface area contributed by atoms with Gasteiger partial charge in [0.1, 0.15) is 23.9 Å². The number of morpholine rings is 1. The van der Waals surface area contributed by atoms with Crippen molar-refractivity contribution in [3.63, 3.8) is 0 Å². The number of ether oxygens (including phenoxy) is 3. The van der Waals surface area contributed by atoms with Crippen LogP contribution in [0.2, 0.25) is 0 Å². The Morgan fingerprint density at radius 3 is 2.36 bits per heavy atom. The molecule has 3 heterocycles. The minimum Gasteiger partial charge on any atom is -0.462 e. The van der Waals surface area contributed by atoms with Gasteiger partial charge < -0.3 is 29.0 Å². The standard InChI is InChI=1S/C20H18F3N3O6S/c21-20(22,23)33(27,28)32-13-2-4-17-15(10-13)19(11-30-18(24)25-19)14-9-12(1-3-16(14)31-17)26-5-7-29-8-6-26/h1-4,9-10H,5-8,11H2,(H2,24,25). The van der Waals surface area contributed by atoms with Gasteiger partial charge in [0, 0.05) is 29.9 Å². The molecule has 0 aromatic heterocycles. The molecule has 1 unspecified atom stereocenters. The molecule has 1 saturated heterocycles. The number of anilines is 1. The van der Waals surface area contributed by atoms with Crippen LogP contribution in [0.3, 0.4) is 0 Å². The van der Waals surface area contributed by atoms with Gasteiger partial charge in [0.15, 0.2) is 5.54 Å². The molecule has 3 aliphatic rings. The van der Waals surface area contributed by atoms with Crippen LogP contribution in [0.15, 0.2) is 41.4 Å². The maximum atomic E-state index is 12.8. The first-order chi connectivity index (χ1) is 15.6. The highest BCUT2D eigenvalue weighted by Crippen LogP contribution is 2.52. The normalized spacial score (nSPS) is 22.2. The van der Waals surface area contributed by atoms with E-state index in [2.05, 4.69) is 14.1 Å². The maximum absolute atomic E-state index is 12.8. The fourth-order valence-electron chi connectivity index (χ4n) is 4.07. The number of nitrogens with zero attached hydrogens (tertiary/aromatic N) is 2. The Balaban J connectivity index is 1.61. The molecular formula is C20H18F3N3O6S. The SMILES string of the molecule is NC1=NC2(CO1)c1cc(OS(=O)(=O)C(F)(F)F)ccc1Oc1ccc(N3CCOCC3)cc12. The van der Waals surface area contributed by atoms with Crippen LogP contribution in [0.5, 0.6) is 17.2 Å². The fourth-order valence-corrected chi connectivity index (χ4v) is 4.52. The second-order valence-electron chi connectivity index (χ2n) is 7.62.